The molecule has 1 aromatic carbocycles. The Morgan fingerprint density at radius 2 is 2.17 bits per heavy atom. The number of carboxylic acids is 1. The van der Waals surface area contributed by atoms with Crippen molar-refractivity contribution in [3.63, 3.8) is 0 Å². The quantitative estimate of drug-likeness (QED) is 0.808. The molecule has 0 aliphatic heterocycles. The van der Waals surface area contributed by atoms with Crippen LogP contribution in [0.25, 0.3) is 0 Å². The van der Waals surface area contributed by atoms with Crippen LogP contribution in [0.1, 0.15) is 18.9 Å². The van der Waals surface area contributed by atoms with Gasteiger partial charge in [0.05, 0.1) is 0 Å². The largest absolute Gasteiger partial charge is 0.479 e. The summed E-state index contributed by atoms with van der Waals surface area (Å²) in [6.45, 7) is 3.35. The Labute approximate surface area is 106 Å². The molecule has 18 heavy (non-hydrogen) atoms. The van der Waals surface area contributed by atoms with Gasteiger partial charge in [-0.1, -0.05) is 19.1 Å². The summed E-state index contributed by atoms with van der Waals surface area (Å²) in [5, 5.41) is 11.4. The van der Waals surface area contributed by atoms with Crippen molar-refractivity contribution in [3.05, 3.63) is 29.8 Å². The smallest absolute Gasteiger partial charge is 0.332 e. The fraction of sp³-hybridized carbons (Fsp3) is 0.385. The minimum absolute atomic E-state index is 0.265. The van der Waals surface area contributed by atoms with Crippen LogP contribution in [0.15, 0.2) is 24.3 Å². The molecule has 0 heterocycles. The summed E-state index contributed by atoms with van der Waals surface area (Å²) >= 11 is 0. The second-order valence-corrected chi connectivity index (χ2v) is 3.96. The number of ether oxygens (including phenoxy) is 1. The van der Waals surface area contributed by atoms with Gasteiger partial charge in [0.2, 0.25) is 5.91 Å². The Morgan fingerprint density at radius 3 is 2.72 bits per heavy atom. The second kappa shape index (κ2) is 6.76. The molecule has 0 aliphatic rings. The van der Waals surface area contributed by atoms with E-state index in [0.717, 1.165) is 5.56 Å². The van der Waals surface area contributed by atoms with Gasteiger partial charge in [0.15, 0.2) is 6.10 Å². The molecule has 5 heteroatoms. The van der Waals surface area contributed by atoms with E-state index < -0.39 is 12.1 Å². The van der Waals surface area contributed by atoms with Crippen LogP contribution in [-0.4, -0.2) is 29.7 Å². The summed E-state index contributed by atoms with van der Waals surface area (Å²) < 4.78 is 5.01. The molecule has 98 valence electrons. The number of hydrogen-bond donors (Lipinski definition) is 2. The molecule has 1 unspecified atom stereocenters. The molecule has 5 nitrogen and oxygen atoms in total. The molecule has 1 amide bonds. The lowest BCUT2D eigenvalue weighted by Gasteiger charge is -2.11. The first kappa shape index (κ1) is 14.2. The van der Waals surface area contributed by atoms with E-state index in [1.165, 1.54) is 0 Å². The van der Waals surface area contributed by atoms with Crippen LogP contribution in [0.4, 0.5) is 5.69 Å². The average molecular weight is 251 g/mol. The van der Waals surface area contributed by atoms with Gasteiger partial charge in [-0.3, -0.25) is 4.79 Å². The monoisotopic (exact) mass is 251 g/mol. The number of nitrogens with one attached hydrogen (secondary N) is 1. The van der Waals surface area contributed by atoms with Crippen molar-refractivity contribution in [3.8, 4) is 0 Å². The lowest BCUT2D eigenvalue weighted by molar-refractivity contribution is -0.151. The van der Waals surface area contributed by atoms with Crippen LogP contribution in [0, 0.1) is 6.92 Å². The van der Waals surface area contributed by atoms with Crippen molar-refractivity contribution in [2.75, 3.05) is 11.9 Å². The lowest BCUT2D eigenvalue weighted by atomic mass is 10.2. The molecule has 0 saturated carbocycles. The normalized spacial score (nSPS) is 11.9. The molecule has 0 bridgehead atoms. The summed E-state index contributed by atoms with van der Waals surface area (Å²) in [6.07, 6.45) is -0.610. The Morgan fingerprint density at radius 1 is 1.44 bits per heavy atom. The maximum Gasteiger partial charge on any atom is 0.332 e. The summed E-state index contributed by atoms with van der Waals surface area (Å²) in [7, 11) is 0. The third-order valence-electron chi connectivity index (χ3n) is 2.36. The van der Waals surface area contributed by atoms with Crippen molar-refractivity contribution < 1.29 is 19.4 Å². The van der Waals surface area contributed by atoms with E-state index in [1.54, 1.807) is 13.0 Å². The number of anilines is 1. The van der Waals surface area contributed by atoms with Gasteiger partial charge in [-0.15, -0.1) is 0 Å². The molecule has 1 atom stereocenters. The van der Waals surface area contributed by atoms with Gasteiger partial charge in [0, 0.05) is 5.69 Å². The number of carboxylic acid groups (broad SMARTS) is 1. The number of rotatable bonds is 6. The maximum absolute atomic E-state index is 11.5. The topological polar surface area (TPSA) is 75.6 Å². The number of carbonyl (C=O) groups excluding carboxylic acids is 1. The third-order valence-corrected chi connectivity index (χ3v) is 2.36. The zero-order valence-electron chi connectivity index (χ0n) is 10.5. The summed E-state index contributed by atoms with van der Waals surface area (Å²) in [4.78, 5) is 22.2. The van der Waals surface area contributed by atoms with Crippen LogP contribution in [0.3, 0.4) is 0 Å². The maximum atomic E-state index is 11.5. The van der Waals surface area contributed by atoms with Gasteiger partial charge in [0.25, 0.3) is 0 Å². The van der Waals surface area contributed by atoms with E-state index >= 15 is 0 Å². The van der Waals surface area contributed by atoms with E-state index in [-0.39, 0.29) is 12.5 Å². The molecule has 0 saturated heterocycles. The first-order valence-electron chi connectivity index (χ1n) is 5.74. The van der Waals surface area contributed by atoms with Crippen molar-refractivity contribution in [2.45, 2.75) is 26.4 Å². The highest BCUT2D eigenvalue weighted by molar-refractivity contribution is 5.91. The minimum Gasteiger partial charge on any atom is -0.479 e. The molecular weight excluding hydrogens is 234 g/mol. The molecule has 0 aromatic heterocycles. The van der Waals surface area contributed by atoms with E-state index in [9.17, 15) is 9.59 Å². The number of carbonyl (C=O) groups is 2. The summed E-state index contributed by atoms with van der Waals surface area (Å²) in [5.41, 5.74) is 1.71. The van der Waals surface area contributed by atoms with Crippen LogP contribution in [0.5, 0.6) is 0 Å². The highest BCUT2D eigenvalue weighted by Crippen LogP contribution is 2.09. The number of benzene rings is 1. The van der Waals surface area contributed by atoms with E-state index in [4.69, 9.17) is 9.84 Å². The molecule has 2 N–H and O–H groups in total. The standard InChI is InChI=1S/C13H17NO4/c1-3-11(13(16)17)18-8-12(15)14-10-6-4-5-9(2)7-10/h4-7,11H,3,8H2,1-2H3,(H,14,15)(H,16,17). The van der Waals surface area contributed by atoms with E-state index in [1.807, 2.05) is 25.1 Å². The number of aliphatic carboxylic acids is 1. The molecule has 0 aliphatic carbocycles. The SMILES string of the molecule is CCC(OCC(=O)Nc1cccc(C)c1)C(=O)O. The number of hydrogen-bond acceptors (Lipinski definition) is 3. The van der Waals surface area contributed by atoms with Crippen LogP contribution in [0.2, 0.25) is 0 Å². The van der Waals surface area contributed by atoms with Crippen molar-refractivity contribution >= 4 is 17.6 Å². The van der Waals surface area contributed by atoms with Crippen molar-refractivity contribution in [1.29, 1.82) is 0 Å². The van der Waals surface area contributed by atoms with Crippen molar-refractivity contribution in [2.24, 2.45) is 0 Å². The zero-order valence-corrected chi connectivity index (χ0v) is 10.5. The second-order valence-electron chi connectivity index (χ2n) is 3.96. The lowest BCUT2D eigenvalue weighted by Crippen LogP contribution is -2.28. The molecule has 1 rings (SSSR count). The molecule has 0 fully saturated rings. The first-order valence-corrected chi connectivity index (χ1v) is 5.74. The molecule has 0 radical (unpaired) electrons. The molecule has 0 spiro atoms. The predicted octanol–water partition coefficient (Wildman–Crippen LogP) is 1.81. The number of amides is 1. The molecular formula is C13H17NO4. The van der Waals surface area contributed by atoms with Gasteiger partial charge < -0.3 is 15.2 Å². The number of aryl methyl sites for hydroxylation is 1. The molecule has 1 aromatic rings. The Balaban J connectivity index is 2.45. The zero-order chi connectivity index (χ0) is 13.5. The third kappa shape index (κ3) is 4.55. The Kier molecular flexibility index (Phi) is 5.32. The van der Waals surface area contributed by atoms with Crippen LogP contribution in [-0.2, 0) is 14.3 Å². The van der Waals surface area contributed by atoms with Gasteiger partial charge >= 0.3 is 5.97 Å². The Bertz CT molecular complexity index is 431. The highest BCUT2D eigenvalue weighted by atomic mass is 16.5. The van der Waals surface area contributed by atoms with Crippen molar-refractivity contribution in [1.82, 2.24) is 0 Å². The predicted molar refractivity (Wildman–Crippen MR) is 67.5 cm³/mol. The van der Waals surface area contributed by atoms with Gasteiger partial charge in [-0.25, -0.2) is 4.79 Å². The fourth-order valence-corrected chi connectivity index (χ4v) is 1.46. The minimum atomic E-state index is -1.05. The highest BCUT2D eigenvalue weighted by Gasteiger charge is 2.16. The van der Waals surface area contributed by atoms with Crippen LogP contribution < -0.4 is 5.32 Å². The van der Waals surface area contributed by atoms with Crippen LogP contribution >= 0.6 is 0 Å². The van der Waals surface area contributed by atoms with E-state index in [0.29, 0.717) is 12.1 Å². The Hall–Kier alpha value is -1.88. The van der Waals surface area contributed by atoms with Gasteiger partial charge in [0.1, 0.15) is 6.61 Å². The summed E-state index contributed by atoms with van der Waals surface area (Å²) in [6, 6.07) is 7.34. The van der Waals surface area contributed by atoms with E-state index in [2.05, 4.69) is 5.32 Å². The fourth-order valence-electron chi connectivity index (χ4n) is 1.46. The van der Waals surface area contributed by atoms with Gasteiger partial charge in [-0.05, 0) is 31.0 Å². The average Bonchev–Trinajstić information content (AvgIpc) is 2.29. The van der Waals surface area contributed by atoms with Gasteiger partial charge in [-0.2, -0.15) is 0 Å². The first-order chi connectivity index (χ1) is 8.52. The summed E-state index contributed by atoms with van der Waals surface area (Å²) in [5.74, 6) is -1.42.